The van der Waals surface area contributed by atoms with Crippen LogP contribution >= 0.6 is 0 Å². The number of carboxylic acids is 1. The third-order valence-electron chi connectivity index (χ3n) is 3.42. The first-order valence-corrected chi connectivity index (χ1v) is 6.60. The summed E-state index contributed by atoms with van der Waals surface area (Å²) in [7, 11) is 0. The second-order valence-corrected chi connectivity index (χ2v) is 4.95. The van der Waals surface area contributed by atoms with Crippen LogP contribution in [0.15, 0.2) is 24.3 Å². The zero-order valence-electron chi connectivity index (χ0n) is 11.4. The zero-order chi connectivity index (χ0) is 15.4. The molecule has 0 fully saturated rings. The summed E-state index contributed by atoms with van der Waals surface area (Å²) in [4.78, 5) is 35.5. The molecule has 0 bridgehead atoms. The Morgan fingerprint density at radius 1 is 1.29 bits per heavy atom. The van der Waals surface area contributed by atoms with E-state index in [1.165, 1.54) is 10.5 Å². The lowest BCUT2D eigenvalue weighted by Gasteiger charge is -2.29. The van der Waals surface area contributed by atoms with Gasteiger partial charge >= 0.3 is 12.0 Å². The SMILES string of the molecule is NC(=O)C[C@@H](NC(=O)N1CCc2ccccc2C1)C(=O)O. The van der Waals surface area contributed by atoms with Gasteiger partial charge in [-0.2, -0.15) is 0 Å². The van der Waals surface area contributed by atoms with Crippen molar-refractivity contribution in [2.45, 2.75) is 25.4 Å². The van der Waals surface area contributed by atoms with Gasteiger partial charge in [0.25, 0.3) is 0 Å². The Morgan fingerprint density at radius 3 is 2.57 bits per heavy atom. The zero-order valence-corrected chi connectivity index (χ0v) is 11.4. The standard InChI is InChI=1S/C14H17N3O4/c15-12(18)7-11(13(19)20)16-14(21)17-6-5-9-3-1-2-4-10(9)8-17/h1-4,11H,5-8H2,(H2,15,18)(H,16,21)(H,19,20)/t11-/m1/s1. The number of urea groups is 1. The van der Waals surface area contributed by atoms with Crippen molar-refractivity contribution in [1.82, 2.24) is 10.2 Å². The van der Waals surface area contributed by atoms with Crippen molar-refractivity contribution in [1.29, 1.82) is 0 Å². The van der Waals surface area contributed by atoms with E-state index in [9.17, 15) is 14.4 Å². The summed E-state index contributed by atoms with van der Waals surface area (Å²) in [5.74, 6) is -2.05. The fourth-order valence-corrected chi connectivity index (χ4v) is 2.31. The summed E-state index contributed by atoms with van der Waals surface area (Å²) in [6.07, 6.45) is 0.294. The number of benzene rings is 1. The molecular weight excluding hydrogens is 274 g/mol. The van der Waals surface area contributed by atoms with Crippen LogP contribution in [0.25, 0.3) is 0 Å². The van der Waals surface area contributed by atoms with Crippen LogP contribution in [0.5, 0.6) is 0 Å². The van der Waals surface area contributed by atoms with Crippen LogP contribution in [0.1, 0.15) is 17.5 Å². The molecule has 2 rings (SSSR count). The predicted molar refractivity (Wildman–Crippen MR) is 74.3 cm³/mol. The number of carbonyl (C=O) groups is 3. The Balaban J connectivity index is 2.01. The molecule has 0 aromatic heterocycles. The van der Waals surface area contributed by atoms with Crippen LogP contribution in [0.3, 0.4) is 0 Å². The van der Waals surface area contributed by atoms with Gasteiger partial charge in [-0.3, -0.25) is 4.79 Å². The number of carbonyl (C=O) groups excluding carboxylic acids is 2. The van der Waals surface area contributed by atoms with E-state index in [4.69, 9.17) is 10.8 Å². The molecule has 0 spiro atoms. The normalized spacial score (nSPS) is 15.0. The van der Waals surface area contributed by atoms with Crippen molar-refractivity contribution in [3.63, 3.8) is 0 Å². The van der Waals surface area contributed by atoms with Crippen LogP contribution in [-0.2, 0) is 22.6 Å². The molecule has 1 atom stereocenters. The predicted octanol–water partition coefficient (Wildman–Crippen LogP) is 0.0829. The maximum atomic E-state index is 12.1. The molecule has 1 heterocycles. The van der Waals surface area contributed by atoms with Gasteiger partial charge < -0.3 is 21.1 Å². The van der Waals surface area contributed by atoms with Crippen molar-refractivity contribution in [3.8, 4) is 0 Å². The molecule has 0 saturated carbocycles. The molecule has 3 amide bonds. The van der Waals surface area contributed by atoms with Crippen LogP contribution in [0, 0.1) is 0 Å². The Morgan fingerprint density at radius 2 is 1.95 bits per heavy atom. The van der Waals surface area contributed by atoms with Gasteiger partial charge in [0.05, 0.1) is 6.42 Å². The van der Waals surface area contributed by atoms with E-state index >= 15 is 0 Å². The number of amides is 3. The number of fused-ring (bicyclic) bond motifs is 1. The number of aliphatic carboxylic acids is 1. The fourth-order valence-electron chi connectivity index (χ4n) is 2.31. The van der Waals surface area contributed by atoms with Crippen molar-refractivity contribution in [2.75, 3.05) is 6.54 Å². The number of nitrogens with zero attached hydrogens (tertiary/aromatic N) is 1. The highest BCUT2D eigenvalue weighted by Gasteiger charge is 2.26. The number of hydrogen-bond acceptors (Lipinski definition) is 3. The minimum atomic E-state index is -1.30. The molecule has 1 aliphatic rings. The molecule has 112 valence electrons. The molecule has 1 aromatic rings. The maximum Gasteiger partial charge on any atom is 0.326 e. The maximum absolute atomic E-state index is 12.1. The molecule has 0 saturated heterocycles. The van der Waals surface area contributed by atoms with Crippen LogP contribution in [0.2, 0.25) is 0 Å². The molecule has 0 radical (unpaired) electrons. The first kappa shape index (κ1) is 14.8. The van der Waals surface area contributed by atoms with Crippen LogP contribution in [0.4, 0.5) is 4.79 Å². The van der Waals surface area contributed by atoms with Crippen molar-refractivity contribution in [3.05, 3.63) is 35.4 Å². The molecular formula is C14H17N3O4. The van der Waals surface area contributed by atoms with E-state index in [1.807, 2.05) is 24.3 Å². The van der Waals surface area contributed by atoms with Crippen LogP contribution < -0.4 is 11.1 Å². The van der Waals surface area contributed by atoms with Gasteiger partial charge in [-0.05, 0) is 17.5 Å². The van der Waals surface area contributed by atoms with Crippen molar-refractivity contribution < 1.29 is 19.5 Å². The number of carboxylic acid groups (broad SMARTS) is 1. The topological polar surface area (TPSA) is 113 Å². The van der Waals surface area contributed by atoms with Crippen LogP contribution in [-0.4, -0.2) is 40.5 Å². The summed E-state index contributed by atoms with van der Waals surface area (Å²) >= 11 is 0. The van der Waals surface area contributed by atoms with Crippen molar-refractivity contribution in [2.24, 2.45) is 5.73 Å². The minimum absolute atomic E-state index is 0.422. The van der Waals surface area contributed by atoms with Gasteiger partial charge in [0, 0.05) is 13.1 Å². The average molecular weight is 291 g/mol. The molecule has 1 aromatic carbocycles. The molecule has 0 aliphatic carbocycles. The monoisotopic (exact) mass is 291 g/mol. The average Bonchev–Trinajstić information content (AvgIpc) is 2.45. The van der Waals surface area contributed by atoms with Gasteiger partial charge in [-0.1, -0.05) is 24.3 Å². The highest BCUT2D eigenvalue weighted by molar-refractivity contribution is 5.87. The summed E-state index contributed by atoms with van der Waals surface area (Å²) in [6, 6.07) is 5.99. The smallest absolute Gasteiger partial charge is 0.326 e. The number of primary amides is 1. The van der Waals surface area contributed by atoms with Gasteiger partial charge in [0.1, 0.15) is 6.04 Å². The van der Waals surface area contributed by atoms with Gasteiger partial charge in [0.2, 0.25) is 5.91 Å². The third-order valence-corrected chi connectivity index (χ3v) is 3.42. The number of rotatable bonds is 4. The third kappa shape index (κ3) is 3.71. The van der Waals surface area contributed by atoms with E-state index < -0.39 is 30.4 Å². The Hall–Kier alpha value is -2.57. The first-order valence-electron chi connectivity index (χ1n) is 6.60. The van der Waals surface area contributed by atoms with E-state index in [0.717, 1.165) is 12.0 Å². The fraction of sp³-hybridized carbons (Fsp3) is 0.357. The number of nitrogens with two attached hydrogens (primary N) is 1. The molecule has 1 aliphatic heterocycles. The molecule has 7 heteroatoms. The second kappa shape index (κ2) is 6.25. The highest BCUT2D eigenvalue weighted by atomic mass is 16.4. The summed E-state index contributed by atoms with van der Waals surface area (Å²) in [5.41, 5.74) is 7.21. The largest absolute Gasteiger partial charge is 0.480 e. The van der Waals surface area contributed by atoms with E-state index in [1.54, 1.807) is 0 Å². The highest BCUT2D eigenvalue weighted by Crippen LogP contribution is 2.18. The number of nitrogens with one attached hydrogen (secondary N) is 1. The quantitative estimate of drug-likeness (QED) is 0.729. The second-order valence-electron chi connectivity index (χ2n) is 4.95. The van der Waals surface area contributed by atoms with Crippen molar-refractivity contribution >= 4 is 17.9 Å². The lowest BCUT2D eigenvalue weighted by molar-refractivity contribution is -0.141. The van der Waals surface area contributed by atoms with E-state index in [2.05, 4.69) is 5.32 Å². The summed E-state index contributed by atoms with van der Waals surface area (Å²) < 4.78 is 0. The summed E-state index contributed by atoms with van der Waals surface area (Å²) in [5, 5.41) is 11.3. The Labute approximate surface area is 121 Å². The van der Waals surface area contributed by atoms with E-state index in [-0.39, 0.29) is 0 Å². The Bertz CT molecular complexity index is 573. The molecule has 0 unspecified atom stereocenters. The molecule has 4 N–H and O–H groups in total. The van der Waals surface area contributed by atoms with Gasteiger partial charge in [-0.25, -0.2) is 9.59 Å². The van der Waals surface area contributed by atoms with Gasteiger partial charge in [0.15, 0.2) is 0 Å². The number of hydrogen-bond donors (Lipinski definition) is 3. The lowest BCUT2D eigenvalue weighted by atomic mass is 10.0. The molecule has 7 nitrogen and oxygen atoms in total. The summed E-state index contributed by atoms with van der Waals surface area (Å²) in [6.45, 7) is 0.927. The minimum Gasteiger partial charge on any atom is -0.480 e. The van der Waals surface area contributed by atoms with Gasteiger partial charge in [-0.15, -0.1) is 0 Å². The van der Waals surface area contributed by atoms with E-state index in [0.29, 0.717) is 13.1 Å². The Kier molecular flexibility index (Phi) is 4.42. The molecule has 21 heavy (non-hydrogen) atoms. The lowest BCUT2D eigenvalue weighted by Crippen LogP contribution is -2.50. The first-order chi connectivity index (χ1) is 9.97.